The molecule has 2 atom stereocenters. The fourth-order valence-electron chi connectivity index (χ4n) is 3.12. The smallest absolute Gasteiger partial charge is 0.338 e. The first-order valence-electron chi connectivity index (χ1n) is 7.30. The van der Waals surface area contributed by atoms with Crippen molar-refractivity contribution in [1.82, 2.24) is 0 Å². The molecule has 21 heavy (non-hydrogen) atoms. The zero-order valence-electron chi connectivity index (χ0n) is 12.0. The molecular formula is C18H18O3. The molecule has 1 saturated carbocycles. The normalized spacial score (nSPS) is 27.8. The molecule has 0 amide bonds. The van der Waals surface area contributed by atoms with E-state index in [1.807, 2.05) is 31.2 Å². The molecule has 2 aliphatic carbocycles. The zero-order valence-corrected chi connectivity index (χ0v) is 12.0. The Morgan fingerprint density at radius 3 is 2.81 bits per heavy atom. The van der Waals surface area contributed by atoms with E-state index in [-0.39, 0.29) is 23.3 Å². The summed E-state index contributed by atoms with van der Waals surface area (Å²) in [6.45, 7) is 2.05. The van der Waals surface area contributed by atoms with Gasteiger partial charge in [-0.2, -0.15) is 0 Å². The molecule has 0 radical (unpaired) electrons. The van der Waals surface area contributed by atoms with E-state index in [1.165, 1.54) is 0 Å². The van der Waals surface area contributed by atoms with Crippen molar-refractivity contribution in [2.24, 2.45) is 5.41 Å². The largest absolute Gasteiger partial charge is 0.458 e. The number of rotatable bonds is 2. The van der Waals surface area contributed by atoms with Crippen LogP contribution in [0.4, 0.5) is 0 Å². The number of ketones is 1. The van der Waals surface area contributed by atoms with Crippen LogP contribution in [-0.4, -0.2) is 17.9 Å². The molecule has 1 fully saturated rings. The summed E-state index contributed by atoms with van der Waals surface area (Å²) in [6.07, 6.45) is 7.62. The van der Waals surface area contributed by atoms with Crippen LogP contribution < -0.4 is 0 Å². The summed E-state index contributed by atoms with van der Waals surface area (Å²) in [7, 11) is 0. The van der Waals surface area contributed by atoms with Crippen molar-refractivity contribution in [3.8, 4) is 0 Å². The van der Waals surface area contributed by atoms with Gasteiger partial charge in [-0.3, -0.25) is 4.79 Å². The summed E-state index contributed by atoms with van der Waals surface area (Å²) in [5.74, 6) is -0.272. The Hall–Kier alpha value is -2.16. The summed E-state index contributed by atoms with van der Waals surface area (Å²) < 4.78 is 5.74. The average molecular weight is 282 g/mol. The van der Waals surface area contributed by atoms with Crippen LogP contribution in [-0.2, 0) is 9.53 Å². The second kappa shape index (κ2) is 5.32. The first-order valence-corrected chi connectivity index (χ1v) is 7.30. The predicted molar refractivity (Wildman–Crippen MR) is 79.8 cm³/mol. The Kier molecular flexibility index (Phi) is 3.50. The van der Waals surface area contributed by atoms with Crippen molar-refractivity contribution in [3.05, 3.63) is 59.7 Å². The number of benzene rings is 1. The molecular weight excluding hydrogens is 264 g/mol. The first kappa shape index (κ1) is 13.8. The van der Waals surface area contributed by atoms with Gasteiger partial charge in [0.05, 0.1) is 5.56 Å². The van der Waals surface area contributed by atoms with Crippen molar-refractivity contribution in [1.29, 1.82) is 0 Å². The SMILES string of the molecule is CC12C=CC(=O)C=C1CCCC2OC(=O)c1ccccc1. The third-order valence-electron chi connectivity index (χ3n) is 4.44. The van der Waals surface area contributed by atoms with Gasteiger partial charge >= 0.3 is 5.97 Å². The minimum Gasteiger partial charge on any atom is -0.458 e. The van der Waals surface area contributed by atoms with Crippen LogP contribution >= 0.6 is 0 Å². The number of carbonyl (C=O) groups is 2. The molecule has 3 nitrogen and oxygen atoms in total. The van der Waals surface area contributed by atoms with Crippen LogP contribution in [0.15, 0.2) is 54.1 Å². The third kappa shape index (κ3) is 2.56. The van der Waals surface area contributed by atoms with Gasteiger partial charge in [0.25, 0.3) is 0 Å². The first-order chi connectivity index (χ1) is 10.1. The Morgan fingerprint density at radius 2 is 2.05 bits per heavy atom. The molecule has 0 bridgehead atoms. The predicted octanol–water partition coefficient (Wildman–Crippen LogP) is 3.47. The van der Waals surface area contributed by atoms with E-state index in [0.717, 1.165) is 24.8 Å². The van der Waals surface area contributed by atoms with Gasteiger partial charge in [0.1, 0.15) is 6.10 Å². The van der Waals surface area contributed by atoms with E-state index >= 15 is 0 Å². The Morgan fingerprint density at radius 1 is 1.29 bits per heavy atom. The van der Waals surface area contributed by atoms with Crippen LogP contribution in [0.25, 0.3) is 0 Å². The second-order valence-electron chi connectivity index (χ2n) is 5.84. The van der Waals surface area contributed by atoms with E-state index in [0.29, 0.717) is 5.56 Å². The highest BCUT2D eigenvalue weighted by molar-refractivity contribution is 6.01. The highest BCUT2D eigenvalue weighted by Crippen LogP contribution is 2.45. The molecule has 0 saturated heterocycles. The molecule has 0 spiro atoms. The van der Waals surface area contributed by atoms with Crippen LogP contribution in [0.2, 0.25) is 0 Å². The lowest BCUT2D eigenvalue weighted by molar-refractivity contribution is -0.110. The van der Waals surface area contributed by atoms with E-state index in [4.69, 9.17) is 4.74 Å². The van der Waals surface area contributed by atoms with Crippen molar-refractivity contribution in [2.75, 3.05) is 0 Å². The van der Waals surface area contributed by atoms with Gasteiger partial charge in [0.15, 0.2) is 5.78 Å². The number of ether oxygens (including phenoxy) is 1. The number of hydrogen-bond donors (Lipinski definition) is 0. The minimum absolute atomic E-state index is 0.0255. The van der Waals surface area contributed by atoms with Gasteiger partial charge in [0, 0.05) is 5.41 Å². The summed E-state index contributed by atoms with van der Waals surface area (Å²) in [5, 5.41) is 0. The highest BCUT2D eigenvalue weighted by Gasteiger charge is 2.42. The standard InChI is InChI=1S/C18H18O3/c1-18-11-10-15(19)12-14(18)8-5-9-16(18)21-17(20)13-6-3-2-4-7-13/h2-4,6-7,10-12,16H,5,8-9H2,1H3. The van der Waals surface area contributed by atoms with Gasteiger partial charge in [-0.15, -0.1) is 0 Å². The number of fused-ring (bicyclic) bond motifs is 1. The molecule has 0 heterocycles. The number of esters is 1. The zero-order chi connectivity index (χ0) is 14.9. The molecule has 0 N–H and O–H groups in total. The molecule has 3 heteroatoms. The van der Waals surface area contributed by atoms with Crippen molar-refractivity contribution < 1.29 is 14.3 Å². The molecule has 0 aromatic heterocycles. The Labute approximate surface area is 124 Å². The lowest BCUT2D eigenvalue weighted by atomic mass is 9.67. The Bertz CT molecular complexity index is 627. The van der Waals surface area contributed by atoms with Crippen LogP contribution in [0.5, 0.6) is 0 Å². The second-order valence-corrected chi connectivity index (χ2v) is 5.84. The number of carbonyl (C=O) groups excluding carboxylic acids is 2. The third-order valence-corrected chi connectivity index (χ3v) is 4.44. The monoisotopic (exact) mass is 282 g/mol. The van der Waals surface area contributed by atoms with E-state index in [1.54, 1.807) is 24.3 Å². The molecule has 3 rings (SSSR count). The summed E-state index contributed by atoms with van der Waals surface area (Å²) >= 11 is 0. The van der Waals surface area contributed by atoms with Crippen molar-refractivity contribution in [2.45, 2.75) is 32.3 Å². The fourth-order valence-corrected chi connectivity index (χ4v) is 3.12. The molecule has 0 aliphatic heterocycles. The van der Waals surface area contributed by atoms with Gasteiger partial charge in [-0.1, -0.05) is 29.8 Å². The van der Waals surface area contributed by atoms with Gasteiger partial charge in [-0.05, 0) is 50.5 Å². The highest BCUT2D eigenvalue weighted by atomic mass is 16.5. The summed E-state index contributed by atoms with van der Waals surface area (Å²) in [4.78, 5) is 23.8. The lowest BCUT2D eigenvalue weighted by Crippen LogP contribution is -2.40. The molecule has 2 unspecified atom stereocenters. The number of hydrogen-bond acceptors (Lipinski definition) is 3. The van der Waals surface area contributed by atoms with Crippen molar-refractivity contribution in [3.63, 3.8) is 0 Å². The van der Waals surface area contributed by atoms with Crippen LogP contribution in [0.1, 0.15) is 36.5 Å². The van der Waals surface area contributed by atoms with E-state index in [9.17, 15) is 9.59 Å². The van der Waals surface area contributed by atoms with Crippen LogP contribution in [0.3, 0.4) is 0 Å². The molecule has 2 aliphatic rings. The lowest BCUT2D eigenvalue weighted by Gasteiger charge is -2.42. The maximum Gasteiger partial charge on any atom is 0.338 e. The Balaban J connectivity index is 1.82. The summed E-state index contributed by atoms with van der Waals surface area (Å²) in [5.41, 5.74) is 1.29. The molecule has 108 valence electrons. The molecule has 1 aromatic rings. The fraction of sp³-hybridized carbons (Fsp3) is 0.333. The topological polar surface area (TPSA) is 43.4 Å². The van der Waals surface area contributed by atoms with Crippen molar-refractivity contribution >= 4 is 11.8 Å². The maximum absolute atomic E-state index is 12.3. The van der Waals surface area contributed by atoms with Crippen LogP contribution in [0, 0.1) is 5.41 Å². The average Bonchev–Trinajstić information content (AvgIpc) is 2.50. The van der Waals surface area contributed by atoms with E-state index in [2.05, 4.69) is 0 Å². The quantitative estimate of drug-likeness (QED) is 0.780. The summed E-state index contributed by atoms with van der Waals surface area (Å²) in [6, 6.07) is 9.03. The van der Waals surface area contributed by atoms with E-state index < -0.39 is 0 Å². The minimum atomic E-state index is -0.351. The number of allylic oxidation sites excluding steroid dienone is 2. The molecule has 1 aromatic carbocycles. The van der Waals surface area contributed by atoms with Gasteiger partial charge in [-0.25, -0.2) is 4.79 Å². The maximum atomic E-state index is 12.3. The van der Waals surface area contributed by atoms with Gasteiger partial charge in [0.2, 0.25) is 0 Å². The van der Waals surface area contributed by atoms with Gasteiger partial charge < -0.3 is 4.74 Å².